The molecule has 0 spiro atoms. The van der Waals surface area contributed by atoms with Gasteiger partial charge in [-0.15, -0.1) is 0 Å². The fourth-order valence-corrected chi connectivity index (χ4v) is 2.15. The van der Waals surface area contributed by atoms with Crippen molar-refractivity contribution in [3.05, 3.63) is 11.6 Å². The summed E-state index contributed by atoms with van der Waals surface area (Å²) >= 11 is 0. The highest BCUT2D eigenvalue weighted by Crippen LogP contribution is 2.11. The summed E-state index contributed by atoms with van der Waals surface area (Å²) in [6, 6.07) is 0. The van der Waals surface area contributed by atoms with Gasteiger partial charge >= 0.3 is 0 Å². The molecule has 0 atom stereocenters. The normalized spacial score (nSPS) is 18.1. The third-order valence-electron chi connectivity index (χ3n) is 2.17. The van der Waals surface area contributed by atoms with E-state index in [4.69, 9.17) is 0 Å². The van der Waals surface area contributed by atoms with Crippen LogP contribution in [0.4, 0.5) is 0 Å². The van der Waals surface area contributed by atoms with Gasteiger partial charge in [-0.3, -0.25) is 4.79 Å². The van der Waals surface area contributed by atoms with Gasteiger partial charge in [-0.2, -0.15) is 0 Å². The highest BCUT2D eigenvalue weighted by Gasteiger charge is 2.29. The van der Waals surface area contributed by atoms with Gasteiger partial charge in [0.2, 0.25) is 9.84 Å². The predicted molar refractivity (Wildman–Crippen MR) is 54.6 cm³/mol. The molecule has 1 aliphatic heterocycles. The van der Waals surface area contributed by atoms with E-state index in [1.807, 2.05) is 0 Å². The second kappa shape index (κ2) is 4.23. The molecule has 0 fully saturated rings. The van der Waals surface area contributed by atoms with E-state index >= 15 is 0 Å². The zero-order valence-corrected chi connectivity index (χ0v) is 9.23. The van der Waals surface area contributed by atoms with E-state index in [-0.39, 0.29) is 0 Å². The molecular weight excluding hydrogens is 202 g/mol. The maximum atomic E-state index is 11.6. The fourth-order valence-electron chi connectivity index (χ4n) is 1.20. The number of hydrogen-bond donors (Lipinski definition) is 1. The van der Waals surface area contributed by atoms with Gasteiger partial charge in [0.25, 0.3) is 5.12 Å². The first-order valence-electron chi connectivity index (χ1n) is 4.64. The molecule has 0 unspecified atom stereocenters. The van der Waals surface area contributed by atoms with Crippen molar-refractivity contribution in [2.75, 3.05) is 13.1 Å². The van der Waals surface area contributed by atoms with Crippen molar-refractivity contribution in [1.29, 1.82) is 0 Å². The van der Waals surface area contributed by atoms with Crippen LogP contribution in [0.1, 0.15) is 20.3 Å². The molecule has 0 aromatic heterocycles. The minimum absolute atomic E-state index is 0.366. The number of nitrogens with one attached hydrogen (secondary N) is 1. The van der Waals surface area contributed by atoms with E-state index in [0.29, 0.717) is 18.5 Å². The Morgan fingerprint density at radius 1 is 1.50 bits per heavy atom. The SMILES string of the molecule is CC(C)S(=O)(=O)C(=O)C1=CCCNC1. The number of rotatable bonds is 2. The molecule has 80 valence electrons. The molecule has 1 rings (SSSR count). The Morgan fingerprint density at radius 2 is 2.14 bits per heavy atom. The third kappa shape index (κ3) is 2.22. The molecule has 0 radical (unpaired) electrons. The molecule has 0 aliphatic carbocycles. The van der Waals surface area contributed by atoms with E-state index in [1.165, 1.54) is 13.8 Å². The maximum Gasteiger partial charge on any atom is 0.273 e. The van der Waals surface area contributed by atoms with Gasteiger partial charge in [-0.25, -0.2) is 8.42 Å². The smallest absolute Gasteiger partial charge is 0.273 e. The van der Waals surface area contributed by atoms with Crippen molar-refractivity contribution >= 4 is 15.0 Å². The zero-order valence-electron chi connectivity index (χ0n) is 8.41. The Kier molecular flexibility index (Phi) is 3.44. The first-order chi connectivity index (χ1) is 6.46. The van der Waals surface area contributed by atoms with Gasteiger partial charge in [0.05, 0.1) is 5.25 Å². The van der Waals surface area contributed by atoms with Gasteiger partial charge in [-0.05, 0) is 26.8 Å². The number of sulfone groups is 1. The second-order valence-electron chi connectivity index (χ2n) is 3.58. The summed E-state index contributed by atoms with van der Waals surface area (Å²) in [6.07, 6.45) is 2.42. The minimum Gasteiger partial charge on any atom is -0.312 e. The summed E-state index contributed by atoms with van der Waals surface area (Å²) in [5.41, 5.74) is 0.380. The van der Waals surface area contributed by atoms with Gasteiger partial charge in [0, 0.05) is 12.1 Å². The van der Waals surface area contributed by atoms with Crippen molar-refractivity contribution in [2.45, 2.75) is 25.5 Å². The first-order valence-corrected chi connectivity index (χ1v) is 6.19. The van der Waals surface area contributed by atoms with E-state index < -0.39 is 20.2 Å². The van der Waals surface area contributed by atoms with E-state index in [9.17, 15) is 13.2 Å². The maximum absolute atomic E-state index is 11.6. The van der Waals surface area contributed by atoms with E-state index in [0.717, 1.165) is 6.54 Å². The summed E-state index contributed by atoms with van der Waals surface area (Å²) < 4.78 is 23.0. The lowest BCUT2D eigenvalue weighted by Crippen LogP contribution is -2.32. The van der Waals surface area contributed by atoms with Gasteiger partial charge in [0.15, 0.2) is 0 Å². The predicted octanol–water partition coefficient (Wildman–Crippen LogP) is 0.256. The summed E-state index contributed by atoms with van der Waals surface area (Å²) in [5, 5.41) is 1.61. The summed E-state index contributed by atoms with van der Waals surface area (Å²) in [4.78, 5) is 11.6. The molecule has 5 heteroatoms. The van der Waals surface area contributed by atoms with Crippen LogP contribution in [0.3, 0.4) is 0 Å². The van der Waals surface area contributed by atoms with Crippen LogP contribution in [0.15, 0.2) is 11.6 Å². The summed E-state index contributed by atoms with van der Waals surface area (Å²) in [6.45, 7) is 4.21. The monoisotopic (exact) mass is 217 g/mol. The Bertz CT molecular complexity index is 354. The molecule has 4 nitrogen and oxygen atoms in total. The van der Waals surface area contributed by atoms with Crippen LogP contribution in [0.25, 0.3) is 0 Å². The molecular formula is C9H15NO3S. The summed E-state index contributed by atoms with van der Waals surface area (Å²) in [5.74, 6) is 0. The molecule has 14 heavy (non-hydrogen) atoms. The molecule has 1 aliphatic rings. The quantitative estimate of drug-likeness (QED) is 0.720. The lowest BCUT2D eigenvalue weighted by Gasteiger charge is -2.14. The van der Waals surface area contributed by atoms with Gasteiger partial charge in [0.1, 0.15) is 0 Å². The van der Waals surface area contributed by atoms with Crippen LogP contribution in [0, 0.1) is 0 Å². The number of carbonyl (C=O) groups is 1. The lowest BCUT2D eigenvalue weighted by atomic mass is 10.2. The highest BCUT2D eigenvalue weighted by atomic mass is 32.2. The average Bonchev–Trinajstić information content (AvgIpc) is 2.17. The molecule has 1 heterocycles. The van der Waals surface area contributed by atoms with Crippen molar-refractivity contribution < 1.29 is 13.2 Å². The van der Waals surface area contributed by atoms with Crippen LogP contribution in [0.2, 0.25) is 0 Å². The van der Waals surface area contributed by atoms with Crippen LogP contribution in [-0.2, 0) is 14.6 Å². The van der Waals surface area contributed by atoms with E-state index in [2.05, 4.69) is 5.32 Å². The topological polar surface area (TPSA) is 63.2 Å². The molecule has 0 saturated heterocycles. The van der Waals surface area contributed by atoms with Crippen LogP contribution in [0.5, 0.6) is 0 Å². The van der Waals surface area contributed by atoms with Crippen molar-refractivity contribution in [1.82, 2.24) is 5.32 Å². The molecule has 0 amide bonds. The van der Waals surface area contributed by atoms with Crippen LogP contribution in [-0.4, -0.2) is 31.9 Å². The van der Waals surface area contributed by atoms with Crippen LogP contribution >= 0.6 is 0 Å². The largest absolute Gasteiger partial charge is 0.312 e. The Hall–Kier alpha value is -0.680. The molecule has 0 aromatic rings. The summed E-state index contributed by atoms with van der Waals surface area (Å²) in [7, 11) is -3.62. The molecule has 1 N–H and O–H groups in total. The Morgan fingerprint density at radius 3 is 2.57 bits per heavy atom. The van der Waals surface area contributed by atoms with Crippen molar-refractivity contribution in [3.8, 4) is 0 Å². The Labute approximate surface area is 84.3 Å². The Balaban J connectivity index is 2.90. The van der Waals surface area contributed by atoms with E-state index in [1.54, 1.807) is 6.08 Å². The van der Waals surface area contributed by atoms with Crippen molar-refractivity contribution in [3.63, 3.8) is 0 Å². The minimum atomic E-state index is -3.62. The molecule has 0 saturated carbocycles. The number of carbonyl (C=O) groups excluding carboxylic acids is 1. The first kappa shape index (κ1) is 11.4. The van der Waals surface area contributed by atoms with Gasteiger partial charge in [-0.1, -0.05) is 6.08 Å². The third-order valence-corrected chi connectivity index (χ3v) is 4.19. The zero-order chi connectivity index (χ0) is 10.8. The molecule has 0 aromatic carbocycles. The second-order valence-corrected chi connectivity index (χ2v) is 5.98. The number of hydrogen-bond acceptors (Lipinski definition) is 4. The fraction of sp³-hybridized carbons (Fsp3) is 0.667. The average molecular weight is 217 g/mol. The molecule has 0 bridgehead atoms. The standard InChI is InChI=1S/C9H15NO3S/c1-7(2)14(12,13)9(11)8-4-3-5-10-6-8/h4,7,10H,3,5-6H2,1-2H3. The lowest BCUT2D eigenvalue weighted by molar-refractivity contribution is -0.108. The van der Waals surface area contributed by atoms with Gasteiger partial charge < -0.3 is 5.32 Å². The highest BCUT2D eigenvalue weighted by molar-refractivity contribution is 8.07. The van der Waals surface area contributed by atoms with Crippen molar-refractivity contribution in [2.24, 2.45) is 0 Å². The van der Waals surface area contributed by atoms with Crippen LogP contribution < -0.4 is 5.32 Å².